The summed E-state index contributed by atoms with van der Waals surface area (Å²) >= 11 is 0. The second-order valence-electron chi connectivity index (χ2n) is 11.1. The predicted octanol–water partition coefficient (Wildman–Crippen LogP) is 5.19. The molecular formula is C31H51N3O8. The molecule has 42 heavy (non-hydrogen) atoms. The first-order chi connectivity index (χ1) is 20.4. The Morgan fingerprint density at radius 2 is 1.48 bits per heavy atom. The Labute approximate surface area is 249 Å². The van der Waals surface area contributed by atoms with Gasteiger partial charge in [0.1, 0.15) is 30.5 Å². The highest BCUT2D eigenvalue weighted by Crippen LogP contribution is 2.24. The standard InChI is InChI=1S/C31H51N3O8/c1-2-3-4-5-6-7-8-9-10-11-12-13-17-20-25(41-30(39)23-18-15-14-16-19-23)24(33-34-32)22-40-31-29(38)28(37)27(36)26(21-35)42-31/h14-16,18-19,24-29,31,35-38H,2-13,17,20-22H2,1H3/t24-,25+,26+,27-,28-,29+,31-/m0/s1. The molecule has 1 heterocycles. The largest absolute Gasteiger partial charge is 0.458 e. The molecule has 1 aliphatic rings. The Morgan fingerprint density at radius 1 is 0.905 bits per heavy atom. The second-order valence-corrected chi connectivity index (χ2v) is 11.1. The highest BCUT2D eigenvalue weighted by Gasteiger charge is 2.44. The summed E-state index contributed by atoms with van der Waals surface area (Å²) in [6.45, 7) is 1.36. The van der Waals surface area contributed by atoms with Crippen LogP contribution >= 0.6 is 0 Å². The minimum atomic E-state index is -1.60. The maximum Gasteiger partial charge on any atom is 0.338 e. The molecule has 0 radical (unpaired) electrons. The van der Waals surface area contributed by atoms with Gasteiger partial charge in [0.25, 0.3) is 0 Å². The fourth-order valence-electron chi connectivity index (χ4n) is 5.15. The number of hydrogen-bond donors (Lipinski definition) is 4. The lowest BCUT2D eigenvalue weighted by atomic mass is 9.99. The van der Waals surface area contributed by atoms with E-state index in [2.05, 4.69) is 16.9 Å². The lowest BCUT2D eigenvalue weighted by Gasteiger charge is -2.40. The predicted molar refractivity (Wildman–Crippen MR) is 159 cm³/mol. The van der Waals surface area contributed by atoms with E-state index < -0.39 is 55.4 Å². The zero-order valence-electron chi connectivity index (χ0n) is 25.0. The molecule has 0 unspecified atom stereocenters. The third kappa shape index (κ3) is 13.0. The van der Waals surface area contributed by atoms with Crippen molar-refractivity contribution in [2.45, 2.75) is 140 Å². The molecule has 0 aliphatic carbocycles. The van der Waals surface area contributed by atoms with Gasteiger partial charge >= 0.3 is 5.97 Å². The quantitative estimate of drug-likeness (QED) is 0.0467. The third-order valence-electron chi connectivity index (χ3n) is 7.77. The molecule has 11 heteroatoms. The Kier molecular flexibility index (Phi) is 18.4. The Morgan fingerprint density at radius 3 is 2.02 bits per heavy atom. The van der Waals surface area contributed by atoms with Crippen LogP contribution in [0.25, 0.3) is 10.4 Å². The van der Waals surface area contributed by atoms with Crippen molar-refractivity contribution >= 4 is 5.97 Å². The molecule has 1 aromatic rings. The number of ether oxygens (including phenoxy) is 3. The zero-order valence-corrected chi connectivity index (χ0v) is 25.0. The molecule has 1 saturated heterocycles. The summed E-state index contributed by atoms with van der Waals surface area (Å²) in [6, 6.07) is 7.58. The van der Waals surface area contributed by atoms with Crippen LogP contribution in [0.15, 0.2) is 35.4 Å². The minimum Gasteiger partial charge on any atom is -0.458 e. The van der Waals surface area contributed by atoms with Gasteiger partial charge in [-0.15, -0.1) is 0 Å². The zero-order chi connectivity index (χ0) is 30.6. The summed E-state index contributed by atoms with van der Waals surface area (Å²) in [5, 5.41) is 43.6. The van der Waals surface area contributed by atoms with Crippen LogP contribution in [-0.4, -0.2) is 82.5 Å². The van der Waals surface area contributed by atoms with E-state index in [9.17, 15) is 30.8 Å². The Hall–Kier alpha value is -2.24. The number of esters is 1. The van der Waals surface area contributed by atoms with E-state index in [1.807, 2.05) is 0 Å². The number of unbranched alkanes of at least 4 members (excludes halogenated alkanes) is 12. The molecule has 1 aliphatic heterocycles. The van der Waals surface area contributed by atoms with E-state index in [-0.39, 0.29) is 6.61 Å². The molecule has 0 amide bonds. The van der Waals surface area contributed by atoms with E-state index in [1.54, 1.807) is 30.3 Å². The summed E-state index contributed by atoms with van der Waals surface area (Å²) in [4.78, 5) is 15.8. The molecule has 2 rings (SSSR count). The van der Waals surface area contributed by atoms with Gasteiger partial charge in [-0.2, -0.15) is 0 Å². The van der Waals surface area contributed by atoms with Gasteiger partial charge in [0.2, 0.25) is 0 Å². The average molecular weight is 594 g/mol. The van der Waals surface area contributed by atoms with Crippen molar-refractivity contribution in [2.24, 2.45) is 5.11 Å². The van der Waals surface area contributed by atoms with Crippen molar-refractivity contribution in [3.63, 3.8) is 0 Å². The minimum absolute atomic E-state index is 0.280. The van der Waals surface area contributed by atoms with Crippen LogP contribution in [0, 0.1) is 0 Å². The number of nitrogens with zero attached hydrogens (tertiary/aromatic N) is 3. The molecule has 0 spiro atoms. The Balaban J connectivity index is 1.88. The van der Waals surface area contributed by atoms with Gasteiger partial charge in [-0.05, 0) is 30.5 Å². The highest BCUT2D eigenvalue weighted by atomic mass is 16.7. The van der Waals surface area contributed by atoms with E-state index in [0.29, 0.717) is 12.0 Å². The van der Waals surface area contributed by atoms with Gasteiger partial charge in [-0.25, -0.2) is 4.79 Å². The molecule has 7 atom stereocenters. The van der Waals surface area contributed by atoms with Crippen molar-refractivity contribution < 1.29 is 39.4 Å². The highest BCUT2D eigenvalue weighted by molar-refractivity contribution is 5.89. The molecule has 0 bridgehead atoms. The number of aliphatic hydroxyl groups excluding tert-OH is 4. The van der Waals surface area contributed by atoms with Gasteiger partial charge in [0.05, 0.1) is 24.8 Å². The molecule has 1 fully saturated rings. The van der Waals surface area contributed by atoms with Crippen LogP contribution in [0.4, 0.5) is 0 Å². The topological polar surface area (TPSA) is 174 Å². The number of benzene rings is 1. The van der Waals surface area contributed by atoms with Crippen LogP contribution < -0.4 is 0 Å². The number of carbonyl (C=O) groups excluding carboxylic acids is 1. The molecule has 0 saturated carbocycles. The van der Waals surface area contributed by atoms with Crippen LogP contribution in [0.5, 0.6) is 0 Å². The van der Waals surface area contributed by atoms with Crippen molar-refractivity contribution in [2.75, 3.05) is 13.2 Å². The third-order valence-corrected chi connectivity index (χ3v) is 7.77. The number of rotatable bonds is 22. The van der Waals surface area contributed by atoms with Gasteiger partial charge in [-0.1, -0.05) is 107 Å². The summed E-state index contributed by atoms with van der Waals surface area (Å²) < 4.78 is 16.8. The van der Waals surface area contributed by atoms with Crippen LogP contribution in [0.2, 0.25) is 0 Å². The number of carbonyl (C=O) groups is 1. The summed E-state index contributed by atoms with van der Waals surface area (Å²) in [5.41, 5.74) is 9.61. The van der Waals surface area contributed by atoms with Crippen molar-refractivity contribution in [1.82, 2.24) is 0 Å². The van der Waals surface area contributed by atoms with Crippen LogP contribution in [0.1, 0.15) is 107 Å². The van der Waals surface area contributed by atoms with E-state index >= 15 is 0 Å². The van der Waals surface area contributed by atoms with E-state index in [4.69, 9.17) is 14.2 Å². The van der Waals surface area contributed by atoms with Crippen LogP contribution in [0.3, 0.4) is 0 Å². The first kappa shape index (κ1) is 36.0. The van der Waals surface area contributed by atoms with Gasteiger partial charge in [0, 0.05) is 4.91 Å². The SMILES string of the molecule is CCCCCCCCCCCCCCC[C@@H](OC(=O)c1ccccc1)[C@H](CO[C@H]1O[C@H](CO)[C@H](O)[C@H](O)[C@H]1O)N=[N+]=[N-]. The summed E-state index contributed by atoms with van der Waals surface area (Å²) in [7, 11) is 0. The first-order valence-corrected chi connectivity index (χ1v) is 15.6. The maximum absolute atomic E-state index is 12.9. The second kappa shape index (κ2) is 21.4. The molecule has 1 aromatic carbocycles. The Bertz CT molecular complexity index is 899. The van der Waals surface area contributed by atoms with Crippen molar-refractivity contribution in [3.05, 3.63) is 46.3 Å². The smallest absolute Gasteiger partial charge is 0.338 e. The van der Waals surface area contributed by atoms with E-state index in [1.165, 1.54) is 57.8 Å². The number of azide groups is 1. The monoisotopic (exact) mass is 593 g/mol. The van der Waals surface area contributed by atoms with Crippen LogP contribution in [-0.2, 0) is 14.2 Å². The van der Waals surface area contributed by atoms with Gasteiger partial charge < -0.3 is 34.6 Å². The molecular weight excluding hydrogens is 542 g/mol. The van der Waals surface area contributed by atoms with Gasteiger partial charge in [-0.3, -0.25) is 0 Å². The lowest BCUT2D eigenvalue weighted by Crippen LogP contribution is -2.59. The number of hydrogen-bond acceptors (Lipinski definition) is 9. The maximum atomic E-state index is 12.9. The van der Waals surface area contributed by atoms with E-state index in [0.717, 1.165) is 25.7 Å². The van der Waals surface area contributed by atoms with Crippen molar-refractivity contribution in [3.8, 4) is 0 Å². The average Bonchev–Trinajstić information content (AvgIpc) is 3.01. The lowest BCUT2D eigenvalue weighted by molar-refractivity contribution is -0.302. The number of aliphatic hydroxyl groups is 4. The molecule has 4 N–H and O–H groups in total. The molecule has 11 nitrogen and oxygen atoms in total. The summed E-state index contributed by atoms with van der Waals surface area (Å²) in [5.74, 6) is -0.554. The fraction of sp³-hybridized carbons (Fsp3) is 0.774. The molecule has 238 valence electrons. The van der Waals surface area contributed by atoms with Crippen molar-refractivity contribution in [1.29, 1.82) is 0 Å². The molecule has 0 aromatic heterocycles. The first-order valence-electron chi connectivity index (χ1n) is 15.6. The van der Waals surface area contributed by atoms with Gasteiger partial charge in [0.15, 0.2) is 6.29 Å². The summed E-state index contributed by atoms with van der Waals surface area (Å²) in [6.07, 6.45) is 7.96. The normalized spacial score (nSPS) is 23.6. The fourth-order valence-corrected chi connectivity index (χ4v) is 5.15.